The minimum atomic E-state index is -0.591. The highest BCUT2D eigenvalue weighted by atomic mass is 35.5. The Hall–Kier alpha value is -2.15. The number of rotatable bonds is 6. The first-order chi connectivity index (χ1) is 11.7. The zero-order chi connectivity index (χ0) is 18.6. The molecule has 0 aliphatic heterocycles. The number of hydrogen-bond acceptors (Lipinski definition) is 4. The van der Waals surface area contributed by atoms with Crippen LogP contribution in [0.4, 0.5) is 11.4 Å². The van der Waals surface area contributed by atoms with Crippen LogP contribution < -0.4 is 10.6 Å². The molecule has 6 nitrogen and oxygen atoms in total. The monoisotopic (exact) mass is 381 g/mol. The summed E-state index contributed by atoms with van der Waals surface area (Å²) in [5.41, 5.74) is 0.332. The second-order valence-electron chi connectivity index (χ2n) is 5.95. The number of nitro groups is 1. The summed E-state index contributed by atoms with van der Waals surface area (Å²) in [6, 6.07) is 11.4. The quantitative estimate of drug-likeness (QED) is 0.574. The van der Waals surface area contributed by atoms with Crippen molar-refractivity contribution in [3.8, 4) is 0 Å². The van der Waals surface area contributed by atoms with Gasteiger partial charge in [-0.1, -0.05) is 35.3 Å². The molecule has 0 saturated carbocycles. The zero-order valence-electron chi connectivity index (χ0n) is 13.7. The molecule has 0 atom stereocenters. The largest absolute Gasteiger partial charge is 0.319 e. The molecule has 0 radical (unpaired) electrons. The molecule has 1 amide bonds. The number of anilines is 1. The number of benzene rings is 2. The lowest BCUT2D eigenvalue weighted by atomic mass is 9.94. The molecule has 2 aromatic carbocycles. The number of nitrogens with zero attached hydrogens (tertiary/aromatic N) is 1. The molecule has 132 valence electrons. The van der Waals surface area contributed by atoms with Gasteiger partial charge in [0.05, 0.1) is 11.5 Å². The van der Waals surface area contributed by atoms with E-state index in [9.17, 15) is 14.9 Å². The third-order valence-electron chi connectivity index (χ3n) is 3.69. The van der Waals surface area contributed by atoms with Gasteiger partial charge in [0.25, 0.3) is 5.69 Å². The maximum Gasteiger partial charge on any atom is 0.294 e. The van der Waals surface area contributed by atoms with E-state index in [4.69, 9.17) is 23.2 Å². The van der Waals surface area contributed by atoms with Crippen molar-refractivity contribution < 1.29 is 9.72 Å². The molecule has 8 heteroatoms. The van der Waals surface area contributed by atoms with Crippen LogP contribution in [0.15, 0.2) is 42.5 Å². The number of nitrogens with one attached hydrogen (secondary N) is 2. The second-order valence-corrected chi connectivity index (χ2v) is 6.83. The van der Waals surface area contributed by atoms with Gasteiger partial charge in [-0.3, -0.25) is 20.2 Å². The molecule has 0 bridgehead atoms. The van der Waals surface area contributed by atoms with E-state index in [-0.39, 0.29) is 22.9 Å². The lowest BCUT2D eigenvalue weighted by molar-refractivity contribution is -0.383. The summed E-state index contributed by atoms with van der Waals surface area (Å²) in [5, 5.41) is 17.6. The molecule has 25 heavy (non-hydrogen) atoms. The van der Waals surface area contributed by atoms with Crippen molar-refractivity contribution in [3.63, 3.8) is 0 Å². The van der Waals surface area contributed by atoms with Crippen LogP contribution in [-0.4, -0.2) is 17.4 Å². The first-order valence-electron chi connectivity index (χ1n) is 7.44. The first kappa shape index (κ1) is 19.2. The Labute approximate surface area is 155 Å². The van der Waals surface area contributed by atoms with Crippen molar-refractivity contribution in [2.24, 2.45) is 0 Å². The molecule has 0 saturated heterocycles. The number of hydrogen-bond donors (Lipinski definition) is 2. The molecule has 0 heterocycles. The molecule has 0 aliphatic rings. The molecule has 2 N–H and O–H groups in total. The van der Waals surface area contributed by atoms with Crippen LogP contribution >= 0.6 is 23.2 Å². The fourth-order valence-electron chi connectivity index (χ4n) is 2.23. The van der Waals surface area contributed by atoms with Gasteiger partial charge in [-0.2, -0.15) is 0 Å². The van der Waals surface area contributed by atoms with Crippen LogP contribution in [0, 0.1) is 10.1 Å². The Kier molecular flexibility index (Phi) is 6.00. The smallest absolute Gasteiger partial charge is 0.294 e. The summed E-state index contributed by atoms with van der Waals surface area (Å²) >= 11 is 11.6. The number of nitro benzene ring substituents is 1. The first-order valence-corrected chi connectivity index (χ1v) is 8.19. The second kappa shape index (κ2) is 7.82. The van der Waals surface area contributed by atoms with Gasteiger partial charge < -0.3 is 5.32 Å². The van der Waals surface area contributed by atoms with Gasteiger partial charge in [-0.25, -0.2) is 0 Å². The molecule has 2 aromatic rings. The highest BCUT2D eigenvalue weighted by molar-refractivity contribution is 6.31. The highest BCUT2D eigenvalue weighted by Crippen LogP contribution is 2.27. The van der Waals surface area contributed by atoms with Crippen molar-refractivity contribution in [2.45, 2.75) is 19.4 Å². The molecular formula is C17H17Cl2N3O3. The van der Waals surface area contributed by atoms with Gasteiger partial charge in [0.2, 0.25) is 5.91 Å². The summed E-state index contributed by atoms with van der Waals surface area (Å²) in [4.78, 5) is 22.6. The van der Waals surface area contributed by atoms with Gasteiger partial charge in [0, 0.05) is 21.7 Å². The Morgan fingerprint density at radius 2 is 1.72 bits per heavy atom. The Bertz CT molecular complexity index is 792. The zero-order valence-corrected chi connectivity index (χ0v) is 15.2. The van der Waals surface area contributed by atoms with E-state index >= 15 is 0 Å². The normalized spacial score (nSPS) is 11.2. The molecule has 0 spiro atoms. The average molecular weight is 382 g/mol. The van der Waals surface area contributed by atoms with Gasteiger partial charge in [0.15, 0.2) is 0 Å². The Morgan fingerprint density at radius 3 is 2.32 bits per heavy atom. The number of carbonyl (C=O) groups is 1. The van der Waals surface area contributed by atoms with E-state index in [1.807, 2.05) is 26.0 Å². The lowest BCUT2D eigenvalue weighted by Crippen LogP contribution is -2.41. The van der Waals surface area contributed by atoms with Gasteiger partial charge in [0.1, 0.15) is 5.69 Å². The van der Waals surface area contributed by atoms with E-state index in [2.05, 4.69) is 10.6 Å². The van der Waals surface area contributed by atoms with Gasteiger partial charge >= 0.3 is 0 Å². The van der Waals surface area contributed by atoms with Crippen LogP contribution in [0.25, 0.3) is 0 Å². The van der Waals surface area contributed by atoms with Gasteiger partial charge in [-0.15, -0.1) is 0 Å². The number of amides is 1. The van der Waals surface area contributed by atoms with Crippen LogP contribution in [0.1, 0.15) is 19.4 Å². The van der Waals surface area contributed by atoms with Crippen molar-refractivity contribution >= 4 is 40.5 Å². The fraction of sp³-hybridized carbons (Fsp3) is 0.235. The molecule has 0 fully saturated rings. The molecule has 0 aliphatic carbocycles. The minimum absolute atomic E-state index is 0.0184. The van der Waals surface area contributed by atoms with Crippen molar-refractivity contribution in [3.05, 3.63) is 68.2 Å². The Morgan fingerprint density at radius 1 is 1.12 bits per heavy atom. The molecule has 0 aromatic heterocycles. The van der Waals surface area contributed by atoms with Crippen molar-refractivity contribution in [1.29, 1.82) is 0 Å². The average Bonchev–Trinajstić information content (AvgIpc) is 2.55. The molecule has 0 unspecified atom stereocenters. The highest BCUT2D eigenvalue weighted by Gasteiger charge is 2.22. The van der Waals surface area contributed by atoms with Crippen molar-refractivity contribution in [1.82, 2.24) is 5.32 Å². The number of halogens is 2. The van der Waals surface area contributed by atoms with Crippen LogP contribution in [-0.2, 0) is 10.3 Å². The van der Waals surface area contributed by atoms with E-state index in [1.165, 1.54) is 18.2 Å². The Balaban J connectivity index is 2.03. The predicted octanol–water partition coefficient (Wildman–Crippen LogP) is 4.37. The third-order valence-corrected chi connectivity index (χ3v) is 4.17. The summed E-state index contributed by atoms with van der Waals surface area (Å²) in [6.07, 6.45) is 0. The maximum atomic E-state index is 12.2. The number of carbonyl (C=O) groups excluding carboxylic acids is 1. The van der Waals surface area contributed by atoms with E-state index in [1.54, 1.807) is 12.1 Å². The summed E-state index contributed by atoms with van der Waals surface area (Å²) in [5.74, 6) is -0.396. The minimum Gasteiger partial charge on any atom is -0.319 e. The topological polar surface area (TPSA) is 84.3 Å². The summed E-state index contributed by atoms with van der Waals surface area (Å²) in [6.45, 7) is 3.83. The fourth-order valence-corrected chi connectivity index (χ4v) is 2.52. The van der Waals surface area contributed by atoms with E-state index in [0.717, 1.165) is 5.56 Å². The van der Waals surface area contributed by atoms with E-state index in [0.29, 0.717) is 5.02 Å². The standard InChI is InChI=1S/C17H17Cl2N3O3/c1-17(2,11-3-5-12(18)6-4-11)20-10-16(23)21-14-8-7-13(19)9-15(14)22(24)25/h3-9,20H,10H2,1-2H3,(H,21,23). The molecule has 2 rings (SSSR count). The summed E-state index contributed by atoms with van der Waals surface area (Å²) in [7, 11) is 0. The molecular weight excluding hydrogens is 365 g/mol. The van der Waals surface area contributed by atoms with Crippen LogP contribution in [0.2, 0.25) is 10.0 Å². The SMILES string of the molecule is CC(C)(NCC(=O)Nc1ccc(Cl)cc1[N+](=O)[O-])c1ccc(Cl)cc1. The third kappa shape index (κ3) is 5.16. The van der Waals surface area contributed by atoms with Crippen molar-refractivity contribution in [2.75, 3.05) is 11.9 Å². The van der Waals surface area contributed by atoms with E-state index < -0.39 is 16.4 Å². The van der Waals surface area contributed by atoms with Gasteiger partial charge in [-0.05, 0) is 43.7 Å². The summed E-state index contributed by atoms with van der Waals surface area (Å²) < 4.78 is 0. The van der Waals surface area contributed by atoms with Crippen LogP contribution in [0.3, 0.4) is 0 Å². The maximum absolute atomic E-state index is 12.2. The lowest BCUT2D eigenvalue weighted by Gasteiger charge is -2.26. The predicted molar refractivity (Wildman–Crippen MR) is 99.2 cm³/mol. The van der Waals surface area contributed by atoms with Crippen LogP contribution in [0.5, 0.6) is 0 Å².